The van der Waals surface area contributed by atoms with Crippen LogP contribution in [0.1, 0.15) is 5.69 Å². The van der Waals surface area contributed by atoms with Gasteiger partial charge >= 0.3 is 0 Å². The largest absolute Gasteiger partial charge is 0.397 e. The molecule has 1 rings (SSSR count). The minimum atomic E-state index is -3.93. The first kappa shape index (κ1) is 9.94. The quantitative estimate of drug-likeness (QED) is 0.678. The number of nitrogens with zero attached hydrogens (tertiary/aromatic N) is 1. The van der Waals surface area contributed by atoms with Crippen molar-refractivity contribution < 1.29 is 13.0 Å². The van der Waals surface area contributed by atoms with Crippen LogP contribution in [-0.4, -0.2) is 23.7 Å². The monoisotopic (exact) mass is 202 g/mol. The third-order valence-corrected chi connectivity index (χ3v) is 2.24. The predicted octanol–water partition coefficient (Wildman–Crippen LogP) is 0.0941. The van der Waals surface area contributed by atoms with Crippen molar-refractivity contribution in [3.8, 4) is 0 Å². The third kappa shape index (κ3) is 3.39. The number of aryl methyl sites for hydroxylation is 1. The van der Waals surface area contributed by atoms with Crippen LogP contribution in [0.5, 0.6) is 0 Å². The zero-order valence-corrected chi connectivity index (χ0v) is 7.66. The van der Waals surface area contributed by atoms with E-state index in [1.165, 1.54) is 6.20 Å². The molecule has 0 spiro atoms. The molecule has 3 N–H and O–H groups in total. The van der Waals surface area contributed by atoms with Gasteiger partial charge in [0.05, 0.1) is 17.1 Å². The lowest BCUT2D eigenvalue weighted by atomic mass is 10.2. The first-order valence-electron chi connectivity index (χ1n) is 3.63. The van der Waals surface area contributed by atoms with E-state index >= 15 is 0 Å². The Morgan fingerprint density at radius 3 is 2.77 bits per heavy atom. The molecular weight excluding hydrogens is 192 g/mol. The number of anilines is 1. The highest BCUT2D eigenvalue weighted by Gasteiger charge is 2.07. The van der Waals surface area contributed by atoms with E-state index in [1.807, 2.05) is 0 Å². The fraction of sp³-hybridized carbons (Fsp3) is 0.286. The summed E-state index contributed by atoms with van der Waals surface area (Å²) in [5.74, 6) is -0.353. The van der Waals surface area contributed by atoms with Crippen molar-refractivity contribution in [2.24, 2.45) is 0 Å². The summed E-state index contributed by atoms with van der Waals surface area (Å²) >= 11 is 0. The van der Waals surface area contributed by atoms with Crippen LogP contribution in [0.25, 0.3) is 0 Å². The summed E-state index contributed by atoms with van der Waals surface area (Å²) in [4.78, 5) is 3.88. The molecule has 72 valence electrons. The molecule has 0 atom stereocenters. The summed E-state index contributed by atoms with van der Waals surface area (Å²) in [6.45, 7) is 0. The zero-order chi connectivity index (χ0) is 9.90. The van der Waals surface area contributed by atoms with E-state index in [-0.39, 0.29) is 12.2 Å². The van der Waals surface area contributed by atoms with E-state index in [1.54, 1.807) is 12.1 Å². The molecule has 0 radical (unpaired) electrons. The van der Waals surface area contributed by atoms with Gasteiger partial charge in [-0.2, -0.15) is 8.42 Å². The second-order valence-corrected chi connectivity index (χ2v) is 4.15. The number of hydrogen-bond acceptors (Lipinski definition) is 4. The molecule has 0 fully saturated rings. The maximum atomic E-state index is 10.4. The molecule has 0 saturated carbocycles. The van der Waals surface area contributed by atoms with Gasteiger partial charge in [0, 0.05) is 12.6 Å². The van der Waals surface area contributed by atoms with E-state index < -0.39 is 10.1 Å². The molecule has 1 aromatic rings. The number of nitrogen functional groups attached to an aromatic ring is 1. The summed E-state index contributed by atoms with van der Waals surface area (Å²) < 4.78 is 29.3. The fourth-order valence-electron chi connectivity index (χ4n) is 0.885. The Labute approximate surface area is 76.3 Å². The Balaban J connectivity index is 2.71. The van der Waals surface area contributed by atoms with Gasteiger partial charge in [0.15, 0.2) is 0 Å². The van der Waals surface area contributed by atoms with Crippen molar-refractivity contribution in [2.45, 2.75) is 6.42 Å². The molecule has 0 saturated heterocycles. The van der Waals surface area contributed by atoms with Crippen LogP contribution < -0.4 is 5.73 Å². The van der Waals surface area contributed by atoms with E-state index in [0.717, 1.165) is 0 Å². The highest BCUT2D eigenvalue weighted by Crippen LogP contribution is 2.07. The van der Waals surface area contributed by atoms with Crippen molar-refractivity contribution in [1.82, 2.24) is 4.98 Å². The normalized spacial score (nSPS) is 11.5. The Hall–Kier alpha value is -1.14. The fourth-order valence-corrected chi connectivity index (χ4v) is 1.34. The summed E-state index contributed by atoms with van der Waals surface area (Å²) in [5.41, 5.74) is 6.43. The van der Waals surface area contributed by atoms with Crippen LogP contribution in [0.15, 0.2) is 18.3 Å². The van der Waals surface area contributed by atoms with Gasteiger partial charge in [0.25, 0.3) is 10.1 Å². The molecule has 0 bridgehead atoms. The molecule has 0 amide bonds. The zero-order valence-electron chi connectivity index (χ0n) is 6.84. The highest BCUT2D eigenvalue weighted by molar-refractivity contribution is 7.85. The average Bonchev–Trinajstić information content (AvgIpc) is 2.01. The van der Waals surface area contributed by atoms with Crippen molar-refractivity contribution in [2.75, 3.05) is 11.5 Å². The van der Waals surface area contributed by atoms with Crippen molar-refractivity contribution in [3.63, 3.8) is 0 Å². The molecule has 1 aromatic heterocycles. The standard InChI is InChI=1S/C7H10N2O3S/c8-6-2-1-4-9-7(6)3-5-13(10,11)12/h1-2,4H,3,5,8H2,(H,10,11,12). The first-order chi connectivity index (χ1) is 5.99. The second-order valence-electron chi connectivity index (χ2n) is 2.58. The van der Waals surface area contributed by atoms with Gasteiger partial charge in [-0.25, -0.2) is 0 Å². The Kier molecular flexibility index (Phi) is 2.84. The maximum absolute atomic E-state index is 10.4. The van der Waals surface area contributed by atoms with Gasteiger partial charge in [-0.3, -0.25) is 9.54 Å². The molecular formula is C7H10N2O3S. The number of rotatable bonds is 3. The van der Waals surface area contributed by atoms with Crippen molar-refractivity contribution in [3.05, 3.63) is 24.0 Å². The molecule has 0 unspecified atom stereocenters. The first-order valence-corrected chi connectivity index (χ1v) is 5.24. The lowest BCUT2D eigenvalue weighted by Gasteiger charge is -2.01. The van der Waals surface area contributed by atoms with E-state index in [9.17, 15) is 8.42 Å². The summed E-state index contributed by atoms with van der Waals surface area (Å²) in [5, 5.41) is 0. The number of aromatic nitrogens is 1. The van der Waals surface area contributed by atoms with E-state index in [4.69, 9.17) is 10.3 Å². The smallest absolute Gasteiger partial charge is 0.265 e. The highest BCUT2D eigenvalue weighted by atomic mass is 32.2. The van der Waals surface area contributed by atoms with Gasteiger partial charge in [0.1, 0.15) is 0 Å². The van der Waals surface area contributed by atoms with Crippen LogP contribution in [0, 0.1) is 0 Å². The average molecular weight is 202 g/mol. The van der Waals surface area contributed by atoms with Crippen LogP contribution in [0.2, 0.25) is 0 Å². The Morgan fingerprint density at radius 1 is 1.54 bits per heavy atom. The lowest BCUT2D eigenvalue weighted by molar-refractivity contribution is 0.482. The molecule has 0 aromatic carbocycles. The van der Waals surface area contributed by atoms with E-state index in [2.05, 4.69) is 4.98 Å². The Bertz CT molecular complexity index is 388. The minimum absolute atomic E-state index is 0.130. The molecule has 0 aliphatic heterocycles. The minimum Gasteiger partial charge on any atom is -0.397 e. The maximum Gasteiger partial charge on any atom is 0.265 e. The summed E-state index contributed by atoms with van der Waals surface area (Å²) in [6.07, 6.45) is 1.65. The summed E-state index contributed by atoms with van der Waals surface area (Å²) in [6, 6.07) is 3.29. The molecule has 0 aliphatic rings. The third-order valence-electron chi connectivity index (χ3n) is 1.52. The SMILES string of the molecule is Nc1cccnc1CCS(=O)(=O)O. The second kappa shape index (κ2) is 3.71. The summed E-state index contributed by atoms with van der Waals surface area (Å²) in [7, 11) is -3.93. The van der Waals surface area contributed by atoms with Crippen LogP contribution in [0.3, 0.4) is 0 Å². The molecule has 5 nitrogen and oxygen atoms in total. The van der Waals surface area contributed by atoms with Gasteiger partial charge in [-0.15, -0.1) is 0 Å². The van der Waals surface area contributed by atoms with Gasteiger partial charge in [-0.1, -0.05) is 0 Å². The topological polar surface area (TPSA) is 93.3 Å². The van der Waals surface area contributed by atoms with Crippen molar-refractivity contribution >= 4 is 15.8 Å². The van der Waals surface area contributed by atoms with Crippen LogP contribution >= 0.6 is 0 Å². The molecule has 13 heavy (non-hydrogen) atoms. The van der Waals surface area contributed by atoms with Crippen molar-refractivity contribution in [1.29, 1.82) is 0 Å². The number of hydrogen-bond donors (Lipinski definition) is 2. The van der Waals surface area contributed by atoms with Gasteiger partial charge in [0.2, 0.25) is 0 Å². The molecule has 6 heteroatoms. The molecule has 0 aliphatic carbocycles. The van der Waals surface area contributed by atoms with Gasteiger partial charge < -0.3 is 5.73 Å². The van der Waals surface area contributed by atoms with Crippen LogP contribution in [0.4, 0.5) is 5.69 Å². The van der Waals surface area contributed by atoms with Crippen LogP contribution in [-0.2, 0) is 16.5 Å². The predicted molar refractivity (Wildman–Crippen MR) is 48.8 cm³/mol. The number of pyridine rings is 1. The van der Waals surface area contributed by atoms with Gasteiger partial charge in [-0.05, 0) is 12.1 Å². The Morgan fingerprint density at radius 2 is 2.23 bits per heavy atom. The van der Waals surface area contributed by atoms with E-state index in [0.29, 0.717) is 11.4 Å². The molecule has 1 heterocycles. The lowest BCUT2D eigenvalue weighted by Crippen LogP contribution is -2.09. The number of nitrogens with two attached hydrogens (primary N) is 1.